The highest BCUT2D eigenvalue weighted by Gasteiger charge is 2.38. The maximum Gasteiger partial charge on any atom is 0.232 e. The number of halogens is 1. The summed E-state index contributed by atoms with van der Waals surface area (Å²) >= 11 is 0. The minimum absolute atomic E-state index is 0. The van der Waals surface area contributed by atoms with Crippen molar-refractivity contribution < 1.29 is 14.3 Å². The molecule has 1 fully saturated rings. The Hall–Kier alpha value is -1.30. The maximum atomic E-state index is 12.6. The molecule has 1 aliphatic rings. The fourth-order valence-corrected chi connectivity index (χ4v) is 2.57. The van der Waals surface area contributed by atoms with Crippen molar-refractivity contribution in [2.75, 3.05) is 31.7 Å². The largest absolute Gasteiger partial charge is 0.494 e. The van der Waals surface area contributed by atoms with Crippen LogP contribution < -0.4 is 15.8 Å². The maximum absolute atomic E-state index is 12.6. The molecule has 0 spiro atoms. The van der Waals surface area contributed by atoms with Gasteiger partial charge in [0.2, 0.25) is 5.91 Å². The number of nitrogens with two attached hydrogens (primary N) is 1. The van der Waals surface area contributed by atoms with Crippen LogP contribution in [0.1, 0.15) is 25.3 Å². The molecular weight excluding hydrogens is 304 g/mol. The van der Waals surface area contributed by atoms with Crippen molar-refractivity contribution in [1.82, 2.24) is 0 Å². The normalized spacial score (nSPS) is 16.5. The van der Waals surface area contributed by atoms with Crippen LogP contribution in [0.15, 0.2) is 18.2 Å². The highest BCUT2D eigenvalue weighted by atomic mass is 35.5. The SMILES string of the molecule is CCOc1ccc(NC(=O)C2(CN)CCOCC2)c(C)c1.Cl. The van der Waals surface area contributed by atoms with Gasteiger partial charge in [-0.25, -0.2) is 0 Å². The fraction of sp³-hybridized carbons (Fsp3) is 0.562. The van der Waals surface area contributed by atoms with Crippen LogP contribution in [0.25, 0.3) is 0 Å². The van der Waals surface area contributed by atoms with E-state index in [4.69, 9.17) is 15.2 Å². The zero-order valence-corrected chi connectivity index (χ0v) is 14.0. The zero-order chi connectivity index (χ0) is 15.3. The molecule has 5 nitrogen and oxygen atoms in total. The van der Waals surface area contributed by atoms with Gasteiger partial charge >= 0.3 is 0 Å². The smallest absolute Gasteiger partial charge is 0.232 e. The Morgan fingerprint density at radius 1 is 1.41 bits per heavy atom. The van der Waals surface area contributed by atoms with Crippen molar-refractivity contribution >= 4 is 24.0 Å². The molecule has 0 atom stereocenters. The van der Waals surface area contributed by atoms with Crippen LogP contribution in [0.2, 0.25) is 0 Å². The molecule has 1 aliphatic heterocycles. The van der Waals surface area contributed by atoms with Crippen molar-refractivity contribution in [1.29, 1.82) is 0 Å². The van der Waals surface area contributed by atoms with E-state index in [0.717, 1.165) is 17.0 Å². The van der Waals surface area contributed by atoms with Crippen LogP contribution in [0, 0.1) is 12.3 Å². The number of benzene rings is 1. The zero-order valence-electron chi connectivity index (χ0n) is 13.2. The molecule has 0 aromatic heterocycles. The molecule has 3 N–H and O–H groups in total. The second-order valence-electron chi connectivity index (χ2n) is 5.46. The Bertz CT molecular complexity index is 502. The minimum Gasteiger partial charge on any atom is -0.494 e. The predicted octanol–water partition coefficient (Wildman–Crippen LogP) is 2.51. The molecule has 0 unspecified atom stereocenters. The van der Waals surface area contributed by atoms with Gasteiger partial charge in [0.1, 0.15) is 5.75 Å². The lowest BCUT2D eigenvalue weighted by atomic mass is 9.79. The van der Waals surface area contributed by atoms with Gasteiger partial charge < -0.3 is 20.5 Å². The molecule has 1 amide bonds. The Balaban J connectivity index is 0.00000242. The molecule has 0 radical (unpaired) electrons. The van der Waals surface area contributed by atoms with E-state index in [0.29, 0.717) is 39.2 Å². The lowest BCUT2D eigenvalue weighted by Crippen LogP contribution is -2.46. The standard InChI is InChI=1S/C16H24N2O3.ClH/c1-3-21-13-4-5-14(12(2)10-13)18-15(19)16(11-17)6-8-20-9-7-16;/h4-5,10H,3,6-9,11,17H2,1-2H3,(H,18,19);1H. The lowest BCUT2D eigenvalue weighted by Gasteiger charge is -2.34. The highest BCUT2D eigenvalue weighted by Crippen LogP contribution is 2.32. The van der Waals surface area contributed by atoms with Crippen molar-refractivity contribution in [2.24, 2.45) is 11.1 Å². The van der Waals surface area contributed by atoms with Gasteiger partial charge in [0.05, 0.1) is 12.0 Å². The van der Waals surface area contributed by atoms with Crippen molar-refractivity contribution in [2.45, 2.75) is 26.7 Å². The summed E-state index contributed by atoms with van der Waals surface area (Å²) in [7, 11) is 0. The second-order valence-corrected chi connectivity index (χ2v) is 5.46. The predicted molar refractivity (Wildman–Crippen MR) is 89.8 cm³/mol. The highest BCUT2D eigenvalue weighted by molar-refractivity contribution is 5.96. The number of ether oxygens (including phenoxy) is 2. The molecule has 6 heteroatoms. The van der Waals surface area contributed by atoms with Gasteiger partial charge in [-0.05, 0) is 50.5 Å². The van der Waals surface area contributed by atoms with E-state index < -0.39 is 5.41 Å². The van der Waals surface area contributed by atoms with Gasteiger partial charge in [0.25, 0.3) is 0 Å². The molecule has 1 aromatic rings. The molecule has 0 aliphatic carbocycles. The molecule has 22 heavy (non-hydrogen) atoms. The van der Waals surface area contributed by atoms with E-state index in [1.165, 1.54) is 0 Å². The van der Waals surface area contributed by atoms with E-state index in [-0.39, 0.29) is 18.3 Å². The fourth-order valence-electron chi connectivity index (χ4n) is 2.57. The van der Waals surface area contributed by atoms with Gasteiger partial charge in [0, 0.05) is 25.4 Å². The van der Waals surface area contributed by atoms with E-state index in [1.54, 1.807) is 0 Å². The average molecular weight is 329 g/mol. The number of hydrogen-bond acceptors (Lipinski definition) is 4. The van der Waals surface area contributed by atoms with Crippen LogP contribution in [-0.4, -0.2) is 32.3 Å². The van der Waals surface area contributed by atoms with Crippen molar-refractivity contribution in [3.63, 3.8) is 0 Å². The molecule has 0 bridgehead atoms. The average Bonchev–Trinajstić information content (AvgIpc) is 2.51. The number of carbonyl (C=O) groups is 1. The third kappa shape index (κ3) is 4.12. The van der Waals surface area contributed by atoms with Crippen molar-refractivity contribution in [3.8, 4) is 5.75 Å². The van der Waals surface area contributed by atoms with E-state index in [9.17, 15) is 4.79 Å². The van der Waals surface area contributed by atoms with Gasteiger partial charge in [-0.3, -0.25) is 4.79 Å². The molecule has 1 aromatic carbocycles. The topological polar surface area (TPSA) is 73.6 Å². The van der Waals surface area contributed by atoms with E-state index in [1.807, 2.05) is 32.0 Å². The van der Waals surface area contributed by atoms with Gasteiger partial charge in [-0.2, -0.15) is 0 Å². The summed E-state index contributed by atoms with van der Waals surface area (Å²) in [5.41, 5.74) is 7.14. The first kappa shape index (κ1) is 18.7. The summed E-state index contributed by atoms with van der Waals surface area (Å²) in [4.78, 5) is 12.6. The number of rotatable bonds is 5. The molecular formula is C16H25ClN2O3. The van der Waals surface area contributed by atoms with E-state index in [2.05, 4.69) is 5.32 Å². The Morgan fingerprint density at radius 3 is 2.64 bits per heavy atom. The minimum atomic E-state index is -0.511. The Labute approximate surface area is 138 Å². The third-order valence-electron chi connectivity index (χ3n) is 4.08. The Morgan fingerprint density at radius 2 is 2.09 bits per heavy atom. The molecule has 0 saturated carbocycles. The first-order valence-electron chi connectivity index (χ1n) is 7.44. The van der Waals surface area contributed by atoms with Crippen LogP contribution in [0.3, 0.4) is 0 Å². The van der Waals surface area contributed by atoms with Gasteiger partial charge in [0.15, 0.2) is 0 Å². The number of nitrogens with one attached hydrogen (secondary N) is 1. The van der Waals surface area contributed by atoms with Crippen LogP contribution in [0.5, 0.6) is 5.75 Å². The number of anilines is 1. The monoisotopic (exact) mass is 328 g/mol. The summed E-state index contributed by atoms with van der Waals surface area (Å²) in [5.74, 6) is 0.799. The van der Waals surface area contributed by atoms with Crippen LogP contribution in [-0.2, 0) is 9.53 Å². The molecule has 1 heterocycles. The second kappa shape index (κ2) is 8.36. The summed E-state index contributed by atoms with van der Waals surface area (Å²) in [6.45, 7) is 6.05. The first-order chi connectivity index (χ1) is 10.1. The third-order valence-corrected chi connectivity index (χ3v) is 4.08. The quantitative estimate of drug-likeness (QED) is 0.871. The van der Waals surface area contributed by atoms with Crippen LogP contribution in [0.4, 0.5) is 5.69 Å². The molecule has 124 valence electrons. The van der Waals surface area contributed by atoms with Crippen LogP contribution >= 0.6 is 12.4 Å². The summed E-state index contributed by atoms with van der Waals surface area (Å²) < 4.78 is 10.8. The number of hydrogen-bond donors (Lipinski definition) is 2. The number of amides is 1. The summed E-state index contributed by atoms with van der Waals surface area (Å²) in [5, 5.41) is 3.01. The molecule has 1 saturated heterocycles. The number of aryl methyl sites for hydroxylation is 1. The number of carbonyl (C=O) groups excluding carboxylic acids is 1. The van der Waals surface area contributed by atoms with E-state index >= 15 is 0 Å². The van der Waals surface area contributed by atoms with Gasteiger partial charge in [-0.1, -0.05) is 0 Å². The summed E-state index contributed by atoms with van der Waals surface area (Å²) in [6.07, 6.45) is 1.34. The van der Waals surface area contributed by atoms with Crippen molar-refractivity contribution in [3.05, 3.63) is 23.8 Å². The first-order valence-corrected chi connectivity index (χ1v) is 7.44. The summed E-state index contributed by atoms with van der Waals surface area (Å²) in [6, 6.07) is 5.67. The lowest BCUT2D eigenvalue weighted by molar-refractivity contribution is -0.130. The van der Waals surface area contributed by atoms with Gasteiger partial charge in [-0.15, -0.1) is 12.4 Å². The molecule has 2 rings (SSSR count). The Kier molecular flexibility index (Phi) is 7.13.